The summed E-state index contributed by atoms with van der Waals surface area (Å²) in [6, 6.07) is 11.1. The maximum Gasteiger partial charge on any atom is 0.0528 e. The number of nitrogens with zero attached hydrogens (tertiary/aromatic N) is 2. The summed E-state index contributed by atoms with van der Waals surface area (Å²) in [5, 5.41) is 1.44. The molecule has 2 heteroatoms. The number of hydrogen-bond donors (Lipinski definition) is 0. The Hall–Kier alpha value is -2.35. The summed E-state index contributed by atoms with van der Waals surface area (Å²) in [5.41, 5.74) is 9.26. The van der Waals surface area contributed by atoms with Gasteiger partial charge in [0.25, 0.3) is 0 Å². The molecule has 1 aliphatic carbocycles. The van der Waals surface area contributed by atoms with Gasteiger partial charge >= 0.3 is 0 Å². The van der Waals surface area contributed by atoms with Gasteiger partial charge in [-0.15, -0.1) is 0 Å². The van der Waals surface area contributed by atoms with Crippen molar-refractivity contribution >= 4 is 22.7 Å². The van der Waals surface area contributed by atoms with E-state index in [-0.39, 0.29) is 0 Å². The molecule has 122 valence electrons. The molecule has 0 N–H and O–H groups in total. The van der Waals surface area contributed by atoms with Gasteiger partial charge in [-0.2, -0.15) is 0 Å². The number of aromatic nitrogens is 2. The zero-order valence-corrected chi connectivity index (χ0v) is 14.8. The van der Waals surface area contributed by atoms with E-state index in [4.69, 9.17) is 0 Å². The average Bonchev–Trinajstić information content (AvgIpc) is 2.89. The van der Waals surface area contributed by atoms with Crippen molar-refractivity contribution < 1.29 is 0 Å². The van der Waals surface area contributed by atoms with Gasteiger partial charge in [-0.3, -0.25) is 4.98 Å². The van der Waals surface area contributed by atoms with E-state index in [1.165, 1.54) is 59.0 Å². The number of allylic oxidation sites excluding steroid dienone is 1. The van der Waals surface area contributed by atoms with E-state index >= 15 is 0 Å². The number of fused-ring (bicyclic) bond motifs is 3. The Balaban J connectivity index is 1.90. The summed E-state index contributed by atoms with van der Waals surface area (Å²) in [5.74, 6) is 0. The Morgan fingerprint density at radius 3 is 2.71 bits per heavy atom. The van der Waals surface area contributed by atoms with Crippen LogP contribution in [0, 0.1) is 13.8 Å². The molecule has 1 aromatic carbocycles. The fourth-order valence-corrected chi connectivity index (χ4v) is 3.81. The minimum absolute atomic E-state index is 1.06. The van der Waals surface area contributed by atoms with Gasteiger partial charge < -0.3 is 4.57 Å². The van der Waals surface area contributed by atoms with Crippen LogP contribution in [0.4, 0.5) is 0 Å². The van der Waals surface area contributed by atoms with E-state index in [1.54, 1.807) is 5.56 Å². The molecule has 3 aromatic rings. The Morgan fingerprint density at radius 2 is 1.92 bits per heavy atom. The maximum atomic E-state index is 4.44. The second-order valence-electron chi connectivity index (χ2n) is 7.02. The molecule has 2 nitrogen and oxygen atoms in total. The summed E-state index contributed by atoms with van der Waals surface area (Å²) in [6.07, 6.45) is 9.27. The summed E-state index contributed by atoms with van der Waals surface area (Å²) in [4.78, 5) is 4.44. The van der Waals surface area contributed by atoms with Crippen LogP contribution in [0.5, 0.6) is 0 Å². The molecular weight excluding hydrogens is 292 g/mol. The molecule has 0 saturated carbocycles. The molecule has 4 rings (SSSR count). The molecule has 1 aliphatic rings. The minimum Gasteiger partial charge on any atom is -0.320 e. The van der Waals surface area contributed by atoms with Crippen molar-refractivity contribution in [1.29, 1.82) is 0 Å². The van der Waals surface area contributed by atoms with Crippen LogP contribution in [-0.4, -0.2) is 9.55 Å². The second kappa shape index (κ2) is 5.94. The van der Waals surface area contributed by atoms with Crippen molar-refractivity contribution in [2.24, 2.45) is 0 Å². The normalized spacial score (nSPS) is 14.9. The van der Waals surface area contributed by atoms with Gasteiger partial charge in [0.05, 0.1) is 5.52 Å². The van der Waals surface area contributed by atoms with Crippen molar-refractivity contribution in [3.05, 3.63) is 64.6 Å². The standard InChI is InChI=1S/C22H24N2/c1-15-8-11-22-20(12-15)19-6-4-5-7-21(19)24(22)14-16(2)18-10-9-17(3)23-13-18/h8-14H,4-7H2,1-3H3/b16-14+. The molecule has 0 radical (unpaired) electrons. The lowest BCUT2D eigenvalue weighted by Crippen LogP contribution is -2.04. The minimum atomic E-state index is 1.06. The molecule has 0 atom stereocenters. The van der Waals surface area contributed by atoms with Crippen LogP contribution in [0.1, 0.15) is 47.8 Å². The van der Waals surface area contributed by atoms with Gasteiger partial charge in [0.1, 0.15) is 0 Å². The first-order chi connectivity index (χ1) is 11.6. The first-order valence-corrected chi connectivity index (χ1v) is 8.87. The van der Waals surface area contributed by atoms with Crippen molar-refractivity contribution in [3.8, 4) is 0 Å². The summed E-state index contributed by atoms with van der Waals surface area (Å²) in [6.45, 7) is 6.40. The van der Waals surface area contributed by atoms with Gasteiger partial charge in [-0.25, -0.2) is 0 Å². The third-order valence-electron chi connectivity index (χ3n) is 5.16. The smallest absolute Gasteiger partial charge is 0.0528 e. The predicted octanol–water partition coefficient (Wildman–Crippen LogP) is 5.55. The molecule has 2 aromatic heterocycles. The lowest BCUT2D eigenvalue weighted by Gasteiger charge is -2.14. The third-order valence-corrected chi connectivity index (χ3v) is 5.16. The molecular formula is C22H24N2. The van der Waals surface area contributed by atoms with E-state index in [2.05, 4.69) is 59.9 Å². The number of benzene rings is 1. The van der Waals surface area contributed by atoms with Gasteiger partial charge in [0, 0.05) is 29.2 Å². The average molecular weight is 316 g/mol. The Morgan fingerprint density at radius 1 is 1.08 bits per heavy atom. The van der Waals surface area contributed by atoms with Crippen LogP contribution in [0.2, 0.25) is 0 Å². The molecule has 0 amide bonds. The molecule has 0 fully saturated rings. The van der Waals surface area contributed by atoms with Gasteiger partial charge in [0.2, 0.25) is 0 Å². The summed E-state index contributed by atoms with van der Waals surface area (Å²) in [7, 11) is 0. The highest BCUT2D eigenvalue weighted by molar-refractivity contribution is 5.90. The van der Waals surface area contributed by atoms with Crippen molar-refractivity contribution in [2.75, 3.05) is 0 Å². The number of pyridine rings is 1. The third kappa shape index (κ3) is 2.56. The quantitative estimate of drug-likeness (QED) is 0.606. The zero-order valence-electron chi connectivity index (χ0n) is 14.8. The van der Waals surface area contributed by atoms with Crippen molar-refractivity contribution in [1.82, 2.24) is 9.55 Å². The van der Waals surface area contributed by atoms with E-state index in [0.29, 0.717) is 0 Å². The van der Waals surface area contributed by atoms with E-state index < -0.39 is 0 Å². The van der Waals surface area contributed by atoms with Crippen LogP contribution in [0.15, 0.2) is 36.5 Å². The van der Waals surface area contributed by atoms with Crippen LogP contribution in [0.3, 0.4) is 0 Å². The Kier molecular flexibility index (Phi) is 3.76. The number of aryl methyl sites for hydroxylation is 3. The number of rotatable bonds is 2. The highest BCUT2D eigenvalue weighted by atomic mass is 15.0. The zero-order chi connectivity index (χ0) is 16.7. The van der Waals surface area contributed by atoms with Gasteiger partial charge in [-0.1, -0.05) is 17.7 Å². The van der Waals surface area contributed by atoms with E-state index in [0.717, 1.165) is 5.69 Å². The van der Waals surface area contributed by atoms with Crippen LogP contribution in [0.25, 0.3) is 22.7 Å². The maximum absolute atomic E-state index is 4.44. The van der Waals surface area contributed by atoms with E-state index in [1.807, 2.05) is 13.1 Å². The highest BCUT2D eigenvalue weighted by Crippen LogP contribution is 2.34. The number of hydrogen-bond acceptors (Lipinski definition) is 1. The fourth-order valence-electron chi connectivity index (χ4n) is 3.81. The Bertz CT molecular complexity index is 927. The van der Waals surface area contributed by atoms with Crippen LogP contribution in [-0.2, 0) is 12.8 Å². The first kappa shape index (κ1) is 15.2. The van der Waals surface area contributed by atoms with Crippen molar-refractivity contribution in [3.63, 3.8) is 0 Å². The molecule has 24 heavy (non-hydrogen) atoms. The van der Waals surface area contributed by atoms with Gasteiger partial charge in [0.15, 0.2) is 0 Å². The van der Waals surface area contributed by atoms with Crippen LogP contribution < -0.4 is 0 Å². The molecule has 0 unspecified atom stereocenters. The second-order valence-corrected chi connectivity index (χ2v) is 7.02. The SMILES string of the molecule is C/C(=C\n1c2c(c3cc(C)ccc31)CCCC2)c1ccc(C)nc1. The Labute approximate surface area is 143 Å². The summed E-state index contributed by atoms with van der Waals surface area (Å²) < 4.78 is 2.43. The monoisotopic (exact) mass is 316 g/mol. The van der Waals surface area contributed by atoms with Crippen LogP contribution >= 0.6 is 0 Å². The summed E-state index contributed by atoms with van der Waals surface area (Å²) >= 11 is 0. The largest absolute Gasteiger partial charge is 0.320 e. The first-order valence-electron chi connectivity index (χ1n) is 8.87. The lowest BCUT2D eigenvalue weighted by atomic mass is 9.95. The molecule has 0 saturated heterocycles. The highest BCUT2D eigenvalue weighted by Gasteiger charge is 2.19. The lowest BCUT2D eigenvalue weighted by molar-refractivity contribution is 0.671. The molecule has 2 heterocycles. The van der Waals surface area contributed by atoms with Gasteiger partial charge in [-0.05, 0) is 81.4 Å². The topological polar surface area (TPSA) is 17.8 Å². The molecule has 0 spiro atoms. The molecule has 0 aliphatic heterocycles. The fraction of sp³-hybridized carbons (Fsp3) is 0.318. The van der Waals surface area contributed by atoms with Crippen molar-refractivity contribution in [2.45, 2.75) is 46.5 Å². The molecule has 0 bridgehead atoms. The van der Waals surface area contributed by atoms with E-state index in [9.17, 15) is 0 Å². The predicted molar refractivity (Wildman–Crippen MR) is 102 cm³/mol.